The first-order valence-electron chi connectivity index (χ1n) is 6.20. The van der Waals surface area contributed by atoms with Gasteiger partial charge in [0.2, 0.25) is 5.91 Å². The minimum Gasteiger partial charge on any atom is -0.480 e. The minimum absolute atomic E-state index is 0.187. The molecule has 7 nitrogen and oxygen atoms in total. The predicted octanol–water partition coefficient (Wildman–Crippen LogP) is 0.338. The molecule has 0 saturated carbocycles. The van der Waals surface area contributed by atoms with Crippen LogP contribution in [0.4, 0.5) is 0 Å². The highest BCUT2D eigenvalue weighted by Crippen LogP contribution is 2.00. The summed E-state index contributed by atoms with van der Waals surface area (Å²) in [6.07, 6.45) is 4.03. The van der Waals surface area contributed by atoms with E-state index in [2.05, 4.69) is 15.3 Å². The number of H-pyrrole nitrogens is 1. The normalized spacial score (nSPS) is 12.1. The van der Waals surface area contributed by atoms with Crippen LogP contribution in [0.15, 0.2) is 12.5 Å². The molecule has 0 bridgehead atoms. The van der Waals surface area contributed by atoms with E-state index in [1.165, 1.54) is 12.5 Å². The van der Waals surface area contributed by atoms with Crippen molar-refractivity contribution in [1.82, 2.24) is 15.3 Å². The third-order valence-corrected chi connectivity index (χ3v) is 2.51. The topological polar surface area (TPSA) is 104 Å². The number of ether oxygens (including phenoxy) is 1. The number of imidazole rings is 1. The van der Waals surface area contributed by atoms with Gasteiger partial charge in [0.15, 0.2) is 0 Å². The maximum atomic E-state index is 11.6. The summed E-state index contributed by atoms with van der Waals surface area (Å²) in [5.41, 5.74) is 0.669. The zero-order valence-corrected chi connectivity index (χ0v) is 10.9. The van der Waals surface area contributed by atoms with E-state index in [0.29, 0.717) is 25.3 Å². The minimum atomic E-state index is -1.06. The van der Waals surface area contributed by atoms with Gasteiger partial charge in [0.25, 0.3) is 0 Å². The van der Waals surface area contributed by atoms with E-state index in [-0.39, 0.29) is 18.7 Å². The van der Waals surface area contributed by atoms with Gasteiger partial charge in [-0.1, -0.05) is 0 Å². The van der Waals surface area contributed by atoms with Gasteiger partial charge in [-0.2, -0.15) is 0 Å². The lowest BCUT2D eigenvalue weighted by atomic mass is 10.1. The number of carboxylic acids is 1. The van der Waals surface area contributed by atoms with Gasteiger partial charge < -0.3 is 20.1 Å². The van der Waals surface area contributed by atoms with Crippen LogP contribution in [0, 0.1) is 0 Å². The largest absolute Gasteiger partial charge is 0.480 e. The molecular formula is C12H19N3O4. The number of aromatic amines is 1. The van der Waals surface area contributed by atoms with Gasteiger partial charge in [-0.3, -0.25) is 4.79 Å². The third-order valence-electron chi connectivity index (χ3n) is 2.51. The number of aliphatic carboxylic acids is 1. The molecular weight excluding hydrogens is 250 g/mol. The summed E-state index contributed by atoms with van der Waals surface area (Å²) in [5.74, 6) is -1.35. The highest BCUT2D eigenvalue weighted by atomic mass is 16.5. The molecule has 0 spiro atoms. The fourth-order valence-corrected chi connectivity index (χ4v) is 1.56. The van der Waals surface area contributed by atoms with Crippen molar-refractivity contribution in [2.45, 2.75) is 32.2 Å². The van der Waals surface area contributed by atoms with E-state index in [9.17, 15) is 9.59 Å². The Morgan fingerprint density at radius 1 is 1.58 bits per heavy atom. The van der Waals surface area contributed by atoms with Crippen molar-refractivity contribution in [1.29, 1.82) is 0 Å². The van der Waals surface area contributed by atoms with Gasteiger partial charge in [0, 0.05) is 37.9 Å². The quantitative estimate of drug-likeness (QED) is 0.561. The Balaban J connectivity index is 2.36. The highest BCUT2D eigenvalue weighted by Gasteiger charge is 2.20. The second kappa shape index (κ2) is 8.25. The molecule has 0 fully saturated rings. The maximum absolute atomic E-state index is 11.6. The first kappa shape index (κ1) is 15.2. The molecule has 0 aliphatic carbocycles. The molecule has 0 saturated heterocycles. The zero-order valence-electron chi connectivity index (χ0n) is 10.9. The molecule has 19 heavy (non-hydrogen) atoms. The molecule has 0 unspecified atom stereocenters. The van der Waals surface area contributed by atoms with Crippen LogP contribution in [0.2, 0.25) is 0 Å². The van der Waals surface area contributed by atoms with Crippen molar-refractivity contribution < 1.29 is 19.4 Å². The van der Waals surface area contributed by atoms with Crippen LogP contribution in [-0.4, -0.2) is 46.2 Å². The molecule has 0 aromatic carbocycles. The molecule has 1 aromatic heterocycles. The predicted molar refractivity (Wildman–Crippen MR) is 67.6 cm³/mol. The summed E-state index contributed by atoms with van der Waals surface area (Å²) in [6.45, 7) is 2.99. The first-order chi connectivity index (χ1) is 9.13. The molecule has 7 heteroatoms. The van der Waals surface area contributed by atoms with Crippen LogP contribution in [0.5, 0.6) is 0 Å². The summed E-state index contributed by atoms with van der Waals surface area (Å²) in [6, 6.07) is -0.944. The number of amides is 1. The number of nitrogens with zero attached hydrogens (tertiary/aromatic N) is 1. The molecule has 1 rings (SSSR count). The number of nitrogens with one attached hydrogen (secondary N) is 2. The SMILES string of the molecule is CCOCCCC(=O)N[C@@H](Cc1cnc[nH]1)C(=O)O. The van der Waals surface area contributed by atoms with Crippen LogP contribution < -0.4 is 5.32 Å². The Morgan fingerprint density at radius 3 is 2.95 bits per heavy atom. The molecule has 0 aliphatic rings. The molecule has 0 aliphatic heterocycles. The number of rotatable bonds is 9. The summed E-state index contributed by atoms with van der Waals surface area (Å²) in [7, 11) is 0. The smallest absolute Gasteiger partial charge is 0.326 e. The first-order valence-corrected chi connectivity index (χ1v) is 6.20. The number of hydrogen-bond donors (Lipinski definition) is 3. The molecule has 1 atom stereocenters. The monoisotopic (exact) mass is 269 g/mol. The van der Waals surface area contributed by atoms with Crippen LogP contribution in [0.1, 0.15) is 25.5 Å². The lowest BCUT2D eigenvalue weighted by Gasteiger charge is -2.13. The molecule has 3 N–H and O–H groups in total. The second-order valence-electron chi connectivity index (χ2n) is 4.04. The van der Waals surface area contributed by atoms with Gasteiger partial charge in [0.05, 0.1) is 6.33 Å². The van der Waals surface area contributed by atoms with Gasteiger partial charge in [-0.15, -0.1) is 0 Å². The van der Waals surface area contributed by atoms with Gasteiger partial charge in [-0.05, 0) is 13.3 Å². The van der Waals surface area contributed by atoms with Crippen LogP contribution in [0.3, 0.4) is 0 Å². The zero-order chi connectivity index (χ0) is 14.1. The summed E-state index contributed by atoms with van der Waals surface area (Å²) >= 11 is 0. The number of hydrogen-bond acceptors (Lipinski definition) is 4. The lowest BCUT2D eigenvalue weighted by Crippen LogP contribution is -2.42. The third kappa shape index (κ3) is 6.01. The lowest BCUT2D eigenvalue weighted by molar-refractivity contribution is -0.141. The van der Waals surface area contributed by atoms with Gasteiger partial charge in [0.1, 0.15) is 6.04 Å². The van der Waals surface area contributed by atoms with Crippen molar-refractivity contribution in [3.63, 3.8) is 0 Å². The Labute approximate surface area is 111 Å². The molecule has 1 amide bonds. The average molecular weight is 269 g/mol. The number of aromatic nitrogens is 2. The Hall–Kier alpha value is -1.89. The van der Waals surface area contributed by atoms with Crippen LogP contribution in [0.25, 0.3) is 0 Å². The van der Waals surface area contributed by atoms with Crippen LogP contribution in [-0.2, 0) is 20.7 Å². The van der Waals surface area contributed by atoms with E-state index in [4.69, 9.17) is 9.84 Å². The summed E-state index contributed by atoms with van der Waals surface area (Å²) in [4.78, 5) is 29.3. The van der Waals surface area contributed by atoms with E-state index >= 15 is 0 Å². The maximum Gasteiger partial charge on any atom is 0.326 e. The van der Waals surface area contributed by atoms with Crippen LogP contribution >= 0.6 is 0 Å². The van der Waals surface area contributed by atoms with E-state index < -0.39 is 12.0 Å². The van der Waals surface area contributed by atoms with Crippen molar-refractivity contribution in [2.24, 2.45) is 0 Å². The van der Waals surface area contributed by atoms with E-state index in [1.807, 2.05) is 6.92 Å². The molecule has 106 valence electrons. The second-order valence-corrected chi connectivity index (χ2v) is 4.04. The number of carboxylic acid groups (broad SMARTS) is 1. The van der Waals surface area contributed by atoms with Crippen molar-refractivity contribution in [2.75, 3.05) is 13.2 Å². The van der Waals surface area contributed by atoms with Crippen molar-refractivity contribution in [3.8, 4) is 0 Å². The Morgan fingerprint density at radius 2 is 2.37 bits per heavy atom. The van der Waals surface area contributed by atoms with E-state index in [1.54, 1.807) is 0 Å². The molecule has 1 aromatic rings. The van der Waals surface area contributed by atoms with Gasteiger partial charge in [-0.25, -0.2) is 9.78 Å². The van der Waals surface area contributed by atoms with Crippen molar-refractivity contribution >= 4 is 11.9 Å². The van der Waals surface area contributed by atoms with E-state index in [0.717, 1.165) is 0 Å². The summed E-state index contributed by atoms with van der Waals surface area (Å²) < 4.78 is 5.11. The average Bonchev–Trinajstić information content (AvgIpc) is 2.86. The molecule has 1 heterocycles. The number of carbonyl (C=O) groups excluding carboxylic acids is 1. The summed E-state index contributed by atoms with van der Waals surface area (Å²) in [5, 5.41) is 11.5. The standard InChI is InChI=1S/C12H19N3O4/c1-2-19-5-3-4-11(16)15-10(12(17)18)6-9-7-13-8-14-9/h7-8,10H,2-6H2,1H3,(H,13,14)(H,15,16)(H,17,18)/t10-/m0/s1. The Bertz CT molecular complexity index is 392. The fraction of sp³-hybridized carbons (Fsp3) is 0.583. The number of carbonyl (C=O) groups is 2. The molecule has 0 radical (unpaired) electrons. The fourth-order valence-electron chi connectivity index (χ4n) is 1.56. The van der Waals surface area contributed by atoms with Crippen molar-refractivity contribution in [3.05, 3.63) is 18.2 Å². The van der Waals surface area contributed by atoms with Gasteiger partial charge >= 0.3 is 5.97 Å². The highest BCUT2D eigenvalue weighted by molar-refractivity contribution is 5.83. The Kier molecular flexibility index (Phi) is 6.59.